The van der Waals surface area contributed by atoms with Gasteiger partial charge in [-0.05, 0) is 51.3 Å². The third-order valence-electron chi connectivity index (χ3n) is 5.75. The first-order valence-electron chi connectivity index (χ1n) is 10.6. The van der Waals surface area contributed by atoms with Crippen LogP contribution in [-0.4, -0.2) is 25.5 Å². The highest BCUT2D eigenvalue weighted by atomic mass is 32.1. The number of thiophene rings is 1. The smallest absolute Gasteiger partial charge is 0.265 e. The largest absolute Gasteiger partial charge is 0.486 e. The normalized spacial score (nSPS) is 11.1. The molecule has 0 aliphatic carbocycles. The van der Waals surface area contributed by atoms with E-state index in [-0.39, 0.29) is 18.3 Å². The summed E-state index contributed by atoms with van der Waals surface area (Å²) < 4.78 is 35.9. The van der Waals surface area contributed by atoms with Crippen molar-refractivity contribution >= 4 is 22.9 Å². The van der Waals surface area contributed by atoms with Gasteiger partial charge in [0, 0.05) is 29.9 Å². The average molecular weight is 486 g/mol. The van der Waals surface area contributed by atoms with Gasteiger partial charge in [0.05, 0.1) is 34.2 Å². The Bertz CT molecular complexity index is 1370. The minimum Gasteiger partial charge on any atom is -0.486 e. The van der Waals surface area contributed by atoms with Gasteiger partial charge in [0.15, 0.2) is 11.6 Å². The third-order valence-corrected chi connectivity index (χ3v) is 6.73. The van der Waals surface area contributed by atoms with E-state index in [1.165, 1.54) is 17.4 Å². The molecule has 1 amide bonds. The highest BCUT2D eigenvalue weighted by Gasteiger charge is 2.19. The van der Waals surface area contributed by atoms with Gasteiger partial charge < -0.3 is 10.1 Å². The van der Waals surface area contributed by atoms with E-state index in [2.05, 4.69) is 15.5 Å². The van der Waals surface area contributed by atoms with Crippen LogP contribution in [0.3, 0.4) is 0 Å². The van der Waals surface area contributed by atoms with E-state index in [0.29, 0.717) is 22.7 Å². The lowest BCUT2D eigenvalue weighted by Crippen LogP contribution is -2.12. The molecule has 0 saturated carbocycles. The third kappa shape index (κ3) is 4.72. The molecule has 7 nitrogen and oxygen atoms in total. The summed E-state index contributed by atoms with van der Waals surface area (Å²) in [4.78, 5) is 13.4. The summed E-state index contributed by atoms with van der Waals surface area (Å²) in [6.07, 6.45) is 0. The zero-order chi connectivity index (χ0) is 24.6. The molecule has 1 aromatic carbocycles. The molecule has 1 N–H and O–H groups in total. The zero-order valence-electron chi connectivity index (χ0n) is 19.6. The number of aromatic nitrogens is 4. The highest BCUT2D eigenvalue weighted by molar-refractivity contribution is 7.12. The molecule has 0 unspecified atom stereocenters. The molecule has 4 aromatic rings. The van der Waals surface area contributed by atoms with E-state index < -0.39 is 11.6 Å². The van der Waals surface area contributed by atoms with Gasteiger partial charge in [-0.25, -0.2) is 8.78 Å². The lowest BCUT2D eigenvalue weighted by Gasteiger charge is -2.07. The van der Waals surface area contributed by atoms with Gasteiger partial charge in [-0.15, -0.1) is 11.3 Å². The Balaban J connectivity index is 1.44. The zero-order valence-corrected chi connectivity index (χ0v) is 20.4. The number of benzene rings is 1. The second-order valence-electron chi connectivity index (χ2n) is 8.11. The maximum atomic E-state index is 13.8. The van der Waals surface area contributed by atoms with Crippen molar-refractivity contribution in [2.75, 3.05) is 5.32 Å². The molecular formula is C24H25F2N5O2S. The Labute approximate surface area is 200 Å². The fraction of sp³-hybridized carbons (Fsp3) is 0.292. The van der Waals surface area contributed by atoms with E-state index in [1.807, 2.05) is 44.1 Å². The number of hydrogen-bond acceptors (Lipinski definition) is 5. The molecule has 0 fully saturated rings. The van der Waals surface area contributed by atoms with Gasteiger partial charge in [-0.3, -0.25) is 14.2 Å². The molecule has 0 aliphatic heterocycles. The van der Waals surface area contributed by atoms with Gasteiger partial charge in [-0.2, -0.15) is 10.2 Å². The summed E-state index contributed by atoms with van der Waals surface area (Å²) in [5, 5.41) is 13.8. The number of aryl methyl sites for hydroxylation is 3. The number of nitrogens with one attached hydrogen (secondary N) is 1. The van der Waals surface area contributed by atoms with Crippen LogP contribution in [0.4, 0.5) is 14.5 Å². The summed E-state index contributed by atoms with van der Waals surface area (Å²) in [5.41, 5.74) is 6.08. The predicted molar refractivity (Wildman–Crippen MR) is 126 cm³/mol. The van der Waals surface area contributed by atoms with E-state index in [1.54, 1.807) is 11.4 Å². The minimum absolute atomic E-state index is 0.0450. The maximum absolute atomic E-state index is 13.8. The second-order valence-corrected chi connectivity index (χ2v) is 9.02. The molecule has 0 saturated heterocycles. The molecule has 0 atom stereocenters. The molecule has 34 heavy (non-hydrogen) atoms. The van der Waals surface area contributed by atoms with Crippen molar-refractivity contribution in [2.24, 2.45) is 7.05 Å². The summed E-state index contributed by atoms with van der Waals surface area (Å²) in [6.45, 7) is 8.39. The Morgan fingerprint density at radius 2 is 1.85 bits per heavy atom. The van der Waals surface area contributed by atoms with Crippen molar-refractivity contribution < 1.29 is 18.3 Å². The second kappa shape index (κ2) is 9.38. The summed E-state index contributed by atoms with van der Waals surface area (Å²) >= 11 is 1.26. The van der Waals surface area contributed by atoms with Gasteiger partial charge in [0.25, 0.3) is 5.91 Å². The number of nitrogens with zero attached hydrogens (tertiary/aromatic N) is 4. The maximum Gasteiger partial charge on any atom is 0.265 e. The van der Waals surface area contributed by atoms with E-state index in [0.717, 1.165) is 40.5 Å². The fourth-order valence-electron chi connectivity index (χ4n) is 3.73. The number of amides is 1. The van der Waals surface area contributed by atoms with Crippen LogP contribution in [0.25, 0.3) is 0 Å². The molecule has 0 bridgehead atoms. The van der Waals surface area contributed by atoms with Crippen LogP contribution in [0.5, 0.6) is 5.75 Å². The van der Waals surface area contributed by atoms with Gasteiger partial charge in [0.1, 0.15) is 12.4 Å². The summed E-state index contributed by atoms with van der Waals surface area (Å²) in [5.74, 6) is -1.74. The molecule has 4 rings (SSSR count). The van der Waals surface area contributed by atoms with Crippen molar-refractivity contribution in [2.45, 2.75) is 40.8 Å². The van der Waals surface area contributed by atoms with Crippen molar-refractivity contribution in [1.82, 2.24) is 19.6 Å². The Hall–Kier alpha value is -3.53. The van der Waals surface area contributed by atoms with Crippen molar-refractivity contribution in [3.8, 4) is 5.75 Å². The van der Waals surface area contributed by atoms with Gasteiger partial charge in [0.2, 0.25) is 0 Å². The van der Waals surface area contributed by atoms with Crippen LogP contribution in [0, 0.1) is 39.3 Å². The first-order valence-corrected chi connectivity index (χ1v) is 11.5. The van der Waals surface area contributed by atoms with E-state index in [4.69, 9.17) is 4.74 Å². The SMILES string of the molecule is Cc1nn(C)c(C)c1Cn1nc(C)c(NC(=O)c2cc(COc3ccc(F)cc3F)cs2)c1C. The average Bonchev–Trinajstić information content (AvgIpc) is 3.43. The van der Waals surface area contributed by atoms with Gasteiger partial charge in [-0.1, -0.05) is 0 Å². The monoisotopic (exact) mass is 485 g/mol. The number of ether oxygens (including phenoxy) is 1. The quantitative estimate of drug-likeness (QED) is 0.397. The Morgan fingerprint density at radius 1 is 1.09 bits per heavy atom. The molecule has 3 aromatic heterocycles. The molecule has 3 heterocycles. The lowest BCUT2D eigenvalue weighted by molar-refractivity contribution is 0.103. The number of carbonyl (C=O) groups is 1. The number of rotatable bonds is 7. The Kier molecular flexibility index (Phi) is 6.52. The highest BCUT2D eigenvalue weighted by Crippen LogP contribution is 2.25. The molecule has 0 spiro atoms. The van der Waals surface area contributed by atoms with Crippen LogP contribution in [0.1, 0.15) is 43.6 Å². The first kappa shape index (κ1) is 23.6. The topological polar surface area (TPSA) is 74.0 Å². The van der Waals surface area contributed by atoms with Crippen LogP contribution in [0.15, 0.2) is 29.6 Å². The molecule has 0 radical (unpaired) electrons. The van der Waals surface area contributed by atoms with Crippen LogP contribution >= 0.6 is 11.3 Å². The molecule has 10 heteroatoms. The molecular weight excluding hydrogens is 460 g/mol. The van der Waals surface area contributed by atoms with Crippen molar-refractivity contribution in [1.29, 1.82) is 0 Å². The standard InChI is InChI=1S/C24H25F2N5O2S/c1-13-19(15(3)30(5)28-13)10-31-16(4)23(14(2)29-31)27-24(32)22-8-17(12-34-22)11-33-21-7-6-18(25)9-20(21)26/h6-9,12H,10-11H2,1-5H3,(H,27,32). The van der Waals surface area contributed by atoms with Crippen LogP contribution < -0.4 is 10.1 Å². The summed E-state index contributed by atoms with van der Waals surface area (Å²) in [7, 11) is 1.91. The predicted octanol–water partition coefficient (Wildman–Crippen LogP) is 5.07. The van der Waals surface area contributed by atoms with Crippen LogP contribution in [-0.2, 0) is 20.2 Å². The summed E-state index contributed by atoms with van der Waals surface area (Å²) in [6, 6.07) is 4.83. The van der Waals surface area contributed by atoms with Crippen LogP contribution in [0.2, 0.25) is 0 Å². The first-order chi connectivity index (χ1) is 16.1. The van der Waals surface area contributed by atoms with Crippen molar-refractivity contribution in [3.63, 3.8) is 0 Å². The number of hydrogen-bond donors (Lipinski definition) is 1. The fourth-order valence-corrected chi connectivity index (χ4v) is 4.52. The van der Waals surface area contributed by atoms with Crippen molar-refractivity contribution in [3.05, 3.63) is 80.1 Å². The number of halogens is 2. The molecule has 0 aliphatic rings. The van der Waals surface area contributed by atoms with Gasteiger partial charge >= 0.3 is 0 Å². The minimum atomic E-state index is -0.771. The number of carbonyl (C=O) groups excluding carboxylic acids is 1. The Morgan fingerprint density at radius 3 is 2.53 bits per heavy atom. The lowest BCUT2D eigenvalue weighted by atomic mass is 10.2. The van der Waals surface area contributed by atoms with E-state index >= 15 is 0 Å². The molecule has 178 valence electrons. The van der Waals surface area contributed by atoms with E-state index in [9.17, 15) is 13.6 Å². The number of anilines is 1.